The molecule has 3 nitrogen and oxygen atoms in total. The molecule has 2 rings (SSSR count). The monoisotopic (exact) mass is 311 g/mol. The molecule has 1 fully saturated rings. The first-order valence-corrected chi connectivity index (χ1v) is 7.87. The van der Waals surface area contributed by atoms with Crippen LogP contribution in [0.15, 0.2) is 10.7 Å². The molecule has 0 atom stereocenters. The van der Waals surface area contributed by atoms with Crippen molar-refractivity contribution >= 4 is 21.7 Å². The van der Waals surface area contributed by atoms with E-state index in [1.165, 1.54) is 38.5 Å². The van der Waals surface area contributed by atoms with Crippen LogP contribution >= 0.6 is 15.9 Å². The fraction of sp³-hybridized carbons (Fsp3) is 0.714. The molecule has 0 bridgehead atoms. The van der Waals surface area contributed by atoms with E-state index in [0.717, 1.165) is 29.1 Å². The van der Waals surface area contributed by atoms with Gasteiger partial charge in [-0.2, -0.15) is 0 Å². The minimum absolute atomic E-state index is 0.558. The molecule has 0 unspecified atom stereocenters. The molecular formula is C14H22BrN3. The molecule has 1 aromatic heterocycles. The molecule has 0 saturated heterocycles. The average Bonchev–Trinajstić information content (AvgIpc) is 2.67. The number of nitrogens with one attached hydrogen (secondary N) is 1. The molecule has 18 heavy (non-hydrogen) atoms. The van der Waals surface area contributed by atoms with Gasteiger partial charge >= 0.3 is 0 Å². The Labute approximate surface area is 118 Å². The third-order valence-corrected chi connectivity index (χ3v) is 4.11. The lowest BCUT2D eigenvalue weighted by atomic mass is 9.99. The fourth-order valence-electron chi connectivity index (χ4n) is 2.48. The van der Waals surface area contributed by atoms with Gasteiger partial charge in [-0.1, -0.05) is 32.6 Å². The zero-order valence-electron chi connectivity index (χ0n) is 11.1. The standard InChI is InChI=1S/C14H22BrN3/c1-2-9-16-14-12(15)10-17-13(18-14)11-7-5-3-4-6-8-11/h10-11H,2-9H2,1H3,(H,16,17,18). The first kappa shape index (κ1) is 13.8. The molecule has 1 aromatic rings. The Balaban J connectivity index is 2.11. The third-order valence-electron chi connectivity index (χ3n) is 3.53. The fourth-order valence-corrected chi connectivity index (χ4v) is 2.81. The van der Waals surface area contributed by atoms with Crippen LogP contribution in [0, 0.1) is 0 Å². The molecule has 1 saturated carbocycles. The molecule has 1 heterocycles. The Morgan fingerprint density at radius 2 is 2.00 bits per heavy atom. The Kier molecular flexibility index (Phi) is 5.42. The molecule has 0 aromatic carbocycles. The predicted molar refractivity (Wildman–Crippen MR) is 79.0 cm³/mol. The summed E-state index contributed by atoms with van der Waals surface area (Å²) in [6, 6.07) is 0. The van der Waals surface area contributed by atoms with Crippen molar-refractivity contribution in [2.75, 3.05) is 11.9 Å². The summed E-state index contributed by atoms with van der Waals surface area (Å²) in [6.07, 6.45) is 10.9. The van der Waals surface area contributed by atoms with Crippen molar-refractivity contribution in [2.24, 2.45) is 0 Å². The van der Waals surface area contributed by atoms with Gasteiger partial charge in [-0.15, -0.1) is 0 Å². The maximum atomic E-state index is 4.71. The Morgan fingerprint density at radius 1 is 1.28 bits per heavy atom. The first-order chi connectivity index (χ1) is 8.81. The molecule has 0 radical (unpaired) electrons. The van der Waals surface area contributed by atoms with Gasteiger partial charge in [-0.3, -0.25) is 0 Å². The van der Waals surface area contributed by atoms with Crippen LogP contribution in [0.3, 0.4) is 0 Å². The van der Waals surface area contributed by atoms with Crippen molar-refractivity contribution in [1.29, 1.82) is 0 Å². The zero-order valence-corrected chi connectivity index (χ0v) is 12.7. The second-order valence-corrected chi connectivity index (χ2v) is 5.89. The van der Waals surface area contributed by atoms with Crippen LogP contribution in [-0.2, 0) is 0 Å². The molecule has 1 aliphatic carbocycles. The van der Waals surface area contributed by atoms with Crippen LogP contribution in [0.1, 0.15) is 63.6 Å². The van der Waals surface area contributed by atoms with E-state index in [2.05, 4.69) is 33.2 Å². The third kappa shape index (κ3) is 3.67. The Bertz CT molecular complexity index is 373. The average molecular weight is 312 g/mol. The van der Waals surface area contributed by atoms with Gasteiger partial charge in [0.05, 0.1) is 4.47 Å². The summed E-state index contributed by atoms with van der Waals surface area (Å²) in [7, 11) is 0. The van der Waals surface area contributed by atoms with Crippen LogP contribution in [0.25, 0.3) is 0 Å². The summed E-state index contributed by atoms with van der Waals surface area (Å²) < 4.78 is 0.966. The van der Waals surface area contributed by atoms with Crippen LogP contribution in [0.5, 0.6) is 0 Å². The largest absolute Gasteiger partial charge is 0.369 e. The highest BCUT2D eigenvalue weighted by atomic mass is 79.9. The lowest BCUT2D eigenvalue weighted by Gasteiger charge is -2.14. The highest BCUT2D eigenvalue weighted by molar-refractivity contribution is 9.10. The van der Waals surface area contributed by atoms with Crippen molar-refractivity contribution in [3.8, 4) is 0 Å². The number of anilines is 1. The van der Waals surface area contributed by atoms with E-state index in [0.29, 0.717) is 5.92 Å². The van der Waals surface area contributed by atoms with Gasteiger partial charge in [-0.25, -0.2) is 9.97 Å². The molecule has 4 heteroatoms. The van der Waals surface area contributed by atoms with E-state index in [9.17, 15) is 0 Å². The Hall–Kier alpha value is -0.640. The van der Waals surface area contributed by atoms with Gasteiger partial charge in [-0.05, 0) is 35.2 Å². The van der Waals surface area contributed by atoms with Gasteiger partial charge < -0.3 is 5.32 Å². The van der Waals surface area contributed by atoms with Crippen LogP contribution in [0.4, 0.5) is 5.82 Å². The van der Waals surface area contributed by atoms with E-state index in [4.69, 9.17) is 4.98 Å². The SMILES string of the molecule is CCCNc1nc(C2CCCCCC2)ncc1Br. The quantitative estimate of drug-likeness (QED) is 0.832. The Morgan fingerprint density at radius 3 is 2.67 bits per heavy atom. The summed E-state index contributed by atoms with van der Waals surface area (Å²) in [5.41, 5.74) is 0. The number of aromatic nitrogens is 2. The van der Waals surface area contributed by atoms with E-state index in [-0.39, 0.29) is 0 Å². The highest BCUT2D eigenvalue weighted by Crippen LogP contribution is 2.31. The molecule has 0 spiro atoms. The van der Waals surface area contributed by atoms with Crippen LogP contribution < -0.4 is 5.32 Å². The normalized spacial score (nSPS) is 17.4. The number of hydrogen-bond donors (Lipinski definition) is 1. The predicted octanol–water partition coefficient (Wildman–Crippen LogP) is 4.50. The summed E-state index contributed by atoms with van der Waals surface area (Å²) in [5.74, 6) is 2.53. The second-order valence-electron chi connectivity index (χ2n) is 5.04. The van der Waals surface area contributed by atoms with E-state index in [1.807, 2.05) is 6.20 Å². The van der Waals surface area contributed by atoms with Gasteiger partial charge in [0.2, 0.25) is 0 Å². The van der Waals surface area contributed by atoms with Crippen molar-refractivity contribution in [1.82, 2.24) is 9.97 Å². The maximum absolute atomic E-state index is 4.71. The van der Waals surface area contributed by atoms with E-state index < -0.39 is 0 Å². The van der Waals surface area contributed by atoms with Gasteiger partial charge in [0.1, 0.15) is 11.6 Å². The number of rotatable bonds is 4. The van der Waals surface area contributed by atoms with Gasteiger partial charge in [0, 0.05) is 18.7 Å². The number of halogens is 1. The van der Waals surface area contributed by atoms with Crippen molar-refractivity contribution in [3.05, 3.63) is 16.5 Å². The lowest BCUT2D eigenvalue weighted by molar-refractivity contribution is 0.560. The molecular weight excluding hydrogens is 290 g/mol. The minimum atomic E-state index is 0.558. The van der Waals surface area contributed by atoms with Crippen molar-refractivity contribution in [3.63, 3.8) is 0 Å². The summed E-state index contributed by atoms with van der Waals surface area (Å²) in [4.78, 5) is 9.22. The van der Waals surface area contributed by atoms with Crippen LogP contribution in [0.2, 0.25) is 0 Å². The summed E-state index contributed by atoms with van der Waals surface area (Å²) in [5, 5.41) is 3.36. The first-order valence-electron chi connectivity index (χ1n) is 7.07. The zero-order chi connectivity index (χ0) is 12.8. The molecule has 1 N–H and O–H groups in total. The summed E-state index contributed by atoms with van der Waals surface area (Å²) >= 11 is 3.51. The van der Waals surface area contributed by atoms with Crippen molar-refractivity contribution < 1.29 is 0 Å². The lowest BCUT2D eigenvalue weighted by Crippen LogP contribution is -2.09. The highest BCUT2D eigenvalue weighted by Gasteiger charge is 2.18. The molecule has 0 amide bonds. The molecule has 1 aliphatic rings. The second kappa shape index (κ2) is 7.07. The number of hydrogen-bond acceptors (Lipinski definition) is 3. The van der Waals surface area contributed by atoms with E-state index >= 15 is 0 Å². The minimum Gasteiger partial charge on any atom is -0.369 e. The topological polar surface area (TPSA) is 37.8 Å². The van der Waals surface area contributed by atoms with Gasteiger partial charge in [0.25, 0.3) is 0 Å². The van der Waals surface area contributed by atoms with Gasteiger partial charge in [0.15, 0.2) is 0 Å². The molecule has 0 aliphatic heterocycles. The van der Waals surface area contributed by atoms with Crippen LogP contribution in [-0.4, -0.2) is 16.5 Å². The maximum Gasteiger partial charge on any atom is 0.144 e. The smallest absolute Gasteiger partial charge is 0.144 e. The summed E-state index contributed by atoms with van der Waals surface area (Å²) in [6.45, 7) is 3.12. The number of nitrogens with zero attached hydrogens (tertiary/aromatic N) is 2. The van der Waals surface area contributed by atoms with E-state index in [1.54, 1.807) is 0 Å². The molecule has 100 valence electrons. The van der Waals surface area contributed by atoms with Crippen molar-refractivity contribution in [2.45, 2.75) is 57.8 Å².